The first-order valence-corrected chi connectivity index (χ1v) is 6.84. The van der Waals surface area contributed by atoms with E-state index in [1.165, 1.54) is 19.1 Å². The number of allylic oxidation sites excluding steroid dienone is 2. The molecule has 22 heavy (non-hydrogen) atoms. The van der Waals surface area contributed by atoms with E-state index >= 15 is 0 Å². The number of Topliss-reactive ketones (excluding diaryl/α,β-unsaturated/α-hetero) is 1. The zero-order valence-electron chi connectivity index (χ0n) is 12.0. The fourth-order valence-electron chi connectivity index (χ4n) is 2.54. The van der Waals surface area contributed by atoms with Crippen LogP contribution in [0.2, 0.25) is 0 Å². The molecule has 0 saturated heterocycles. The van der Waals surface area contributed by atoms with Crippen molar-refractivity contribution in [1.29, 1.82) is 5.41 Å². The van der Waals surface area contributed by atoms with Crippen molar-refractivity contribution in [2.24, 2.45) is 0 Å². The molecule has 1 atom stereocenters. The van der Waals surface area contributed by atoms with Gasteiger partial charge in [0.25, 0.3) is 5.69 Å². The molecule has 1 aromatic rings. The van der Waals surface area contributed by atoms with Crippen molar-refractivity contribution in [2.45, 2.75) is 19.8 Å². The fourth-order valence-corrected chi connectivity index (χ4v) is 2.87. The first-order chi connectivity index (χ1) is 10.4. The molecule has 0 fully saturated rings. The van der Waals surface area contributed by atoms with Gasteiger partial charge < -0.3 is 5.32 Å². The van der Waals surface area contributed by atoms with E-state index in [2.05, 4.69) is 11.2 Å². The molecule has 2 rings (SSSR count). The summed E-state index contributed by atoms with van der Waals surface area (Å²) in [7, 11) is 0. The largest absolute Gasteiger partial charge is 0.349 e. The third kappa shape index (κ3) is 2.72. The van der Waals surface area contributed by atoms with Gasteiger partial charge in [-0.2, -0.15) is 0 Å². The van der Waals surface area contributed by atoms with Crippen molar-refractivity contribution in [3.8, 4) is 0 Å². The second kappa shape index (κ2) is 6.01. The number of nitro benzene ring substituents is 1. The van der Waals surface area contributed by atoms with Crippen LogP contribution in [0.5, 0.6) is 0 Å². The van der Waals surface area contributed by atoms with E-state index in [9.17, 15) is 14.9 Å². The molecule has 0 spiro atoms. The van der Waals surface area contributed by atoms with Crippen molar-refractivity contribution < 1.29 is 9.72 Å². The topological polar surface area (TPSA) is 96.1 Å². The third-order valence-electron chi connectivity index (χ3n) is 3.46. The smallest absolute Gasteiger partial charge is 0.269 e. The fraction of sp³-hybridized carbons (Fsp3) is 0.200. The second-order valence-electron chi connectivity index (χ2n) is 4.87. The average Bonchev–Trinajstić information content (AvgIpc) is 2.46. The molecule has 0 aromatic heterocycles. The predicted octanol–water partition coefficient (Wildman–Crippen LogP) is 2.65. The molecule has 1 aliphatic heterocycles. The highest BCUT2D eigenvalue weighted by Gasteiger charge is 2.33. The van der Waals surface area contributed by atoms with E-state index in [1.54, 1.807) is 19.1 Å². The Morgan fingerprint density at radius 3 is 2.73 bits per heavy atom. The number of hydrogen-bond acceptors (Lipinski definition) is 5. The number of carbonyl (C=O) groups excluding carboxylic acids is 1. The molecule has 1 unspecified atom stereocenters. The van der Waals surface area contributed by atoms with Crippen LogP contribution in [-0.2, 0) is 4.79 Å². The Balaban J connectivity index is 2.71. The van der Waals surface area contributed by atoms with Gasteiger partial charge in [-0.25, -0.2) is 0 Å². The van der Waals surface area contributed by atoms with Crippen LogP contribution < -0.4 is 5.32 Å². The number of thiocarbonyl (C=S) groups is 1. The molecule has 112 valence electrons. The molecular formula is C15H13N3O3S. The molecule has 6 nitrogen and oxygen atoms in total. The highest BCUT2D eigenvalue weighted by Crippen LogP contribution is 2.37. The SMILES string of the molecule is CC(=O)C1=C(C)NC(=S)C(=C=N)C1c1cccc([N+](=O)[O-])c1. The van der Waals surface area contributed by atoms with Crippen LogP contribution >= 0.6 is 12.2 Å². The average molecular weight is 315 g/mol. The zero-order chi connectivity index (χ0) is 16.4. The zero-order valence-corrected chi connectivity index (χ0v) is 12.8. The molecule has 7 heteroatoms. The highest BCUT2D eigenvalue weighted by atomic mass is 32.1. The van der Waals surface area contributed by atoms with Crippen LogP contribution in [0.1, 0.15) is 25.3 Å². The summed E-state index contributed by atoms with van der Waals surface area (Å²) in [6, 6.07) is 6.00. The quantitative estimate of drug-likeness (QED) is 0.294. The number of benzene rings is 1. The van der Waals surface area contributed by atoms with Crippen molar-refractivity contribution in [3.63, 3.8) is 0 Å². The van der Waals surface area contributed by atoms with Crippen molar-refractivity contribution >= 4 is 34.5 Å². The Kier molecular flexibility index (Phi) is 4.30. The van der Waals surface area contributed by atoms with Gasteiger partial charge in [0.1, 0.15) is 4.99 Å². The number of nitrogens with zero attached hydrogens (tertiary/aromatic N) is 1. The van der Waals surface area contributed by atoms with E-state index < -0.39 is 10.8 Å². The lowest BCUT2D eigenvalue weighted by molar-refractivity contribution is -0.384. The van der Waals surface area contributed by atoms with Gasteiger partial charge in [-0.15, -0.1) is 0 Å². The van der Waals surface area contributed by atoms with Crippen LogP contribution in [0.4, 0.5) is 5.69 Å². The summed E-state index contributed by atoms with van der Waals surface area (Å²) in [6.07, 6.45) is 0. The number of carbonyl (C=O) groups is 1. The summed E-state index contributed by atoms with van der Waals surface area (Å²) in [5.74, 6) is 1.46. The van der Waals surface area contributed by atoms with Crippen LogP contribution in [0, 0.1) is 15.5 Å². The van der Waals surface area contributed by atoms with Crippen molar-refractivity contribution in [2.75, 3.05) is 0 Å². The number of hydrogen-bond donors (Lipinski definition) is 2. The van der Waals surface area contributed by atoms with Crippen molar-refractivity contribution in [3.05, 3.63) is 56.8 Å². The molecule has 0 radical (unpaired) electrons. The van der Waals surface area contributed by atoms with Crippen LogP contribution in [0.3, 0.4) is 0 Å². The molecule has 2 N–H and O–H groups in total. The first-order valence-electron chi connectivity index (χ1n) is 6.43. The predicted molar refractivity (Wildman–Crippen MR) is 86.2 cm³/mol. The summed E-state index contributed by atoms with van der Waals surface area (Å²) in [5, 5.41) is 21.3. The number of rotatable bonds is 3. The number of nitrogens with one attached hydrogen (secondary N) is 2. The molecular weight excluding hydrogens is 302 g/mol. The minimum atomic E-state index is -0.622. The maximum absolute atomic E-state index is 12.0. The number of ketones is 1. The summed E-state index contributed by atoms with van der Waals surface area (Å²) in [6.45, 7) is 3.13. The normalized spacial score (nSPS) is 17.8. The van der Waals surface area contributed by atoms with Crippen LogP contribution in [0.25, 0.3) is 0 Å². The van der Waals surface area contributed by atoms with Crippen LogP contribution in [0.15, 0.2) is 41.1 Å². The van der Waals surface area contributed by atoms with E-state index in [4.69, 9.17) is 17.6 Å². The van der Waals surface area contributed by atoms with E-state index in [0.29, 0.717) is 27.4 Å². The summed E-state index contributed by atoms with van der Waals surface area (Å²) in [5.41, 5.74) is 1.81. The van der Waals surface area contributed by atoms with E-state index in [-0.39, 0.29) is 11.5 Å². The third-order valence-corrected chi connectivity index (χ3v) is 3.78. The molecule has 0 saturated carbocycles. The molecule has 0 amide bonds. The molecule has 0 aliphatic carbocycles. The summed E-state index contributed by atoms with van der Waals surface area (Å²) >= 11 is 5.19. The van der Waals surface area contributed by atoms with Gasteiger partial charge in [0.15, 0.2) is 5.78 Å². The monoisotopic (exact) mass is 315 g/mol. The Hall–Kier alpha value is -2.63. The van der Waals surface area contributed by atoms with Gasteiger partial charge in [-0.05, 0) is 25.3 Å². The van der Waals surface area contributed by atoms with Crippen LogP contribution in [-0.4, -0.2) is 21.6 Å². The standard InChI is InChI=1S/C15H13N3O3S/c1-8-13(9(2)19)14(12(7-16)15(22)17-8)10-4-3-5-11(6-10)18(20)21/h3-6,14,16H,1-2H3,(H,17,22). The van der Waals surface area contributed by atoms with Gasteiger partial charge in [0.05, 0.1) is 16.4 Å². The number of non-ortho nitro benzene ring substituents is 1. The lowest BCUT2D eigenvalue weighted by Crippen LogP contribution is -2.34. The molecule has 1 aromatic carbocycles. The first kappa shape index (κ1) is 15.8. The molecule has 0 bridgehead atoms. The highest BCUT2D eigenvalue weighted by molar-refractivity contribution is 7.80. The lowest BCUT2D eigenvalue weighted by Gasteiger charge is -2.29. The van der Waals surface area contributed by atoms with E-state index in [1.807, 2.05) is 0 Å². The van der Waals surface area contributed by atoms with Gasteiger partial charge in [-0.3, -0.25) is 20.3 Å². The minimum Gasteiger partial charge on any atom is -0.349 e. The molecule has 1 aliphatic rings. The lowest BCUT2D eigenvalue weighted by atomic mass is 9.80. The summed E-state index contributed by atoms with van der Waals surface area (Å²) in [4.78, 5) is 22.8. The van der Waals surface area contributed by atoms with Crippen molar-refractivity contribution in [1.82, 2.24) is 5.32 Å². The van der Waals surface area contributed by atoms with Gasteiger partial charge in [0, 0.05) is 23.4 Å². The Labute approximate surface area is 132 Å². The van der Waals surface area contributed by atoms with Gasteiger partial charge in [0.2, 0.25) is 0 Å². The Morgan fingerprint density at radius 1 is 1.50 bits per heavy atom. The maximum Gasteiger partial charge on any atom is 0.269 e. The summed E-state index contributed by atoms with van der Waals surface area (Å²) < 4.78 is 0. The maximum atomic E-state index is 12.0. The molecule has 1 heterocycles. The Morgan fingerprint density at radius 2 is 2.18 bits per heavy atom. The Bertz CT molecular complexity index is 776. The minimum absolute atomic E-state index is 0.0770. The van der Waals surface area contributed by atoms with Gasteiger partial charge in [-0.1, -0.05) is 24.4 Å². The van der Waals surface area contributed by atoms with Gasteiger partial charge >= 0.3 is 0 Å². The second-order valence-corrected chi connectivity index (χ2v) is 5.28. The van der Waals surface area contributed by atoms with E-state index in [0.717, 1.165) is 0 Å². The number of nitro groups is 1.